The molecule has 4 heterocycles. The third-order valence-electron chi connectivity index (χ3n) is 6.61. The number of piperazine rings is 1. The summed E-state index contributed by atoms with van der Waals surface area (Å²) in [6, 6.07) is 13.2. The summed E-state index contributed by atoms with van der Waals surface area (Å²) in [5.41, 5.74) is 1.42. The number of likely N-dealkylation sites (tertiary alicyclic amines) is 1. The molecule has 0 aliphatic carbocycles. The van der Waals surface area contributed by atoms with Crippen LogP contribution in [0.15, 0.2) is 59.5 Å². The second-order valence-corrected chi connectivity index (χ2v) is 8.75. The van der Waals surface area contributed by atoms with Gasteiger partial charge in [-0.1, -0.05) is 37.1 Å². The van der Waals surface area contributed by atoms with Crippen LogP contribution in [0.1, 0.15) is 46.5 Å². The minimum atomic E-state index is -0.179. The Balaban J connectivity index is 1.35. The zero-order chi connectivity index (χ0) is 23.3. The van der Waals surface area contributed by atoms with Crippen LogP contribution in [0.25, 0.3) is 11.3 Å². The molecule has 0 unspecified atom stereocenters. The summed E-state index contributed by atoms with van der Waals surface area (Å²) in [5, 5.41) is 0. The van der Waals surface area contributed by atoms with E-state index in [1.54, 1.807) is 11.1 Å². The highest BCUT2D eigenvalue weighted by atomic mass is 16.3. The van der Waals surface area contributed by atoms with Crippen LogP contribution < -0.4 is 4.90 Å². The predicted octanol–water partition coefficient (Wildman–Crippen LogP) is 3.72. The first kappa shape index (κ1) is 22.1. The highest BCUT2D eigenvalue weighted by Gasteiger charge is 2.29. The minimum absolute atomic E-state index is 0.0173. The van der Waals surface area contributed by atoms with E-state index < -0.39 is 0 Å². The molecular formula is C26H29N5O3. The maximum absolute atomic E-state index is 13.4. The molecular weight excluding hydrogens is 430 g/mol. The number of carbonyl (C=O) groups excluding carboxylic acids is 2. The number of aromatic nitrogens is 2. The number of amides is 2. The van der Waals surface area contributed by atoms with E-state index in [9.17, 15) is 9.59 Å². The van der Waals surface area contributed by atoms with Crippen LogP contribution in [0.5, 0.6) is 0 Å². The second-order valence-electron chi connectivity index (χ2n) is 8.75. The Bertz CT molecular complexity index is 1130. The molecule has 0 radical (unpaired) electrons. The molecule has 1 aromatic carbocycles. The summed E-state index contributed by atoms with van der Waals surface area (Å²) in [5.74, 6) is 1.08. The normalized spacial score (nSPS) is 16.9. The van der Waals surface area contributed by atoms with Gasteiger partial charge in [0.2, 0.25) is 0 Å². The van der Waals surface area contributed by atoms with Gasteiger partial charge in [0.15, 0.2) is 17.8 Å². The van der Waals surface area contributed by atoms with E-state index in [2.05, 4.69) is 14.9 Å². The SMILES string of the molecule is O=C(c1ccccc1-c1ocnc1C(=O)N1CCN(c2ccccn2)CC1)N1CCCCCC1. The Kier molecular flexibility index (Phi) is 6.56. The number of hydrogen-bond donors (Lipinski definition) is 0. The molecule has 2 amide bonds. The first-order valence-electron chi connectivity index (χ1n) is 12.0. The Morgan fingerprint density at radius 2 is 1.44 bits per heavy atom. The Morgan fingerprint density at radius 1 is 0.735 bits per heavy atom. The number of pyridine rings is 1. The standard InChI is InChI=1S/C26H29N5O3/c32-25(30-13-7-1-2-8-14-30)21-10-4-3-9-20(21)24-23(28-19-34-24)26(33)31-17-15-29(16-18-31)22-11-5-6-12-27-22/h3-6,9-12,19H,1-2,7-8,13-18H2. The molecule has 2 aromatic heterocycles. The zero-order valence-electron chi connectivity index (χ0n) is 19.2. The smallest absolute Gasteiger partial charge is 0.276 e. The molecule has 2 aliphatic rings. The number of anilines is 1. The summed E-state index contributed by atoms with van der Waals surface area (Å²) >= 11 is 0. The summed E-state index contributed by atoms with van der Waals surface area (Å²) in [6.07, 6.45) is 7.41. The maximum Gasteiger partial charge on any atom is 0.276 e. The molecule has 176 valence electrons. The lowest BCUT2D eigenvalue weighted by atomic mass is 10.0. The largest absolute Gasteiger partial charge is 0.443 e. The Morgan fingerprint density at radius 3 is 2.18 bits per heavy atom. The third kappa shape index (κ3) is 4.53. The van der Waals surface area contributed by atoms with Gasteiger partial charge in [0.1, 0.15) is 5.82 Å². The average Bonchev–Trinajstić information content (AvgIpc) is 3.23. The average molecular weight is 460 g/mol. The number of nitrogens with zero attached hydrogens (tertiary/aromatic N) is 5. The lowest BCUT2D eigenvalue weighted by molar-refractivity contribution is 0.0737. The molecule has 8 nitrogen and oxygen atoms in total. The van der Waals surface area contributed by atoms with E-state index >= 15 is 0 Å². The van der Waals surface area contributed by atoms with Crippen LogP contribution in [-0.2, 0) is 0 Å². The predicted molar refractivity (Wildman–Crippen MR) is 129 cm³/mol. The van der Waals surface area contributed by atoms with Crippen LogP contribution in [0.4, 0.5) is 5.82 Å². The van der Waals surface area contributed by atoms with Gasteiger partial charge < -0.3 is 19.1 Å². The van der Waals surface area contributed by atoms with Crippen LogP contribution in [-0.4, -0.2) is 70.9 Å². The maximum atomic E-state index is 13.4. The number of oxazole rings is 1. The molecule has 0 saturated carbocycles. The van der Waals surface area contributed by atoms with Crippen molar-refractivity contribution in [3.8, 4) is 11.3 Å². The number of hydrogen-bond acceptors (Lipinski definition) is 6. The molecule has 2 aliphatic heterocycles. The molecule has 2 saturated heterocycles. The molecule has 5 rings (SSSR count). The molecule has 8 heteroatoms. The zero-order valence-corrected chi connectivity index (χ0v) is 19.2. The summed E-state index contributed by atoms with van der Waals surface area (Å²) in [6.45, 7) is 4.04. The topological polar surface area (TPSA) is 82.8 Å². The fourth-order valence-electron chi connectivity index (χ4n) is 4.73. The number of rotatable bonds is 4. The molecule has 0 atom stereocenters. The van der Waals surface area contributed by atoms with E-state index in [4.69, 9.17) is 4.42 Å². The number of benzene rings is 1. The molecule has 2 fully saturated rings. The fourth-order valence-corrected chi connectivity index (χ4v) is 4.73. The van der Waals surface area contributed by atoms with E-state index in [0.717, 1.165) is 44.6 Å². The lowest BCUT2D eigenvalue weighted by Crippen LogP contribution is -2.49. The lowest BCUT2D eigenvalue weighted by Gasteiger charge is -2.35. The van der Waals surface area contributed by atoms with E-state index in [1.807, 2.05) is 47.4 Å². The van der Waals surface area contributed by atoms with Crippen LogP contribution >= 0.6 is 0 Å². The van der Waals surface area contributed by atoms with Gasteiger partial charge in [0.25, 0.3) is 11.8 Å². The third-order valence-corrected chi connectivity index (χ3v) is 6.61. The highest BCUT2D eigenvalue weighted by molar-refractivity contribution is 6.04. The molecule has 0 N–H and O–H groups in total. The van der Waals surface area contributed by atoms with Crippen LogP contribution in [0, 0.1) is 0 Å². The summed E-state index contributed by atoms with van der Waals surface area (Å²) in [7, 11) is 0. The van der Waals surface area contributed by atoms with E-state index in [-0.39, 0.29) is 17.5 Å². The van der Waals surface area contributed by atoms with Crippen molar-refractivity contribution < 1.29 is 14.0 Å². The van der Waals surface area contributed by atoms with Gasteiger partial charge in [-0.3, -0.25) is 9.59 Å². The van der Waals surface area contributed by atoms with Gasteiger partial charge in [-0.25, -0.2) is 9.97 Å². The fraction of sp³-hybridized carbons (Fsp3) is 0.385. The highest BCUT2D eigenvalue weighted by Crippen LogP contribution is 2.29. The number of carbonyl (C=O) groups is 2. The van der Waals surface area contributed by atoms with Crippen molar-refractivity contribution in [2.75, 3.05) is 44.2 Å². The van der Waals surface area contributed by atoms with E-state index in [1.165, 1.54) is 6.39 Å². The van der Waals surface area contributed by atoms with Crippen molar-refractivity contribution in [3.63, 3.8) is 0 Å². The van der Waals surface area contributed by atoms with Crippen molar-refractivity contribution in [3.05, 3.63) is 66.3 Å². The van der Waals surface area contributed by atoms with Gasteiger partial charge >= 0.3 is 0 Å². The monoisotopic (exact) mass is 459 g/mol. The molecule has 0 bridgehead atoms. The van der Waals surface area contributed by atoms with Gasteiger partial charge in [0.05, 0.1) is 5.56 Å². The quantitative estimate of drug-likeness (QED) is 0.592. The second kappa shape index (κ2) is 10.1. The van der Waals surface area contributed by atoms with Crippen LogP contribution in [0.2, 0.25) is 0 Å². The first-order chi connectivity index (χ1) is 16.7. The van der Waals surface area contributed by atoms with Crippen molar-refractivity contribution in [1.29, 1.82) is 0 Å². The Labute approximate surface area is 199 Å². The molecule has 0 spiro atoms. The summed E-state index contributed by atoms with van der Waals surface area (Å²) < 4.78 is 5.71. The van der Waals surface area contributed by atoms with Crippen molar-refractivity contribution in [2.45, 2.75) is 25.7 Å². The first-order valence-corrected chi connectivity index (χ1v) is 12.0. The van der Waals surface area contributed by atoms with Gasteiger partial charge in [-0.05, 0) is 31.0 Å². The summed E-state index contributed by atoms with van der Waals surface area (Å²) in [4.78, 5) is 41.3. The van der Waals surface area contributed by atoms with Crippen molar-refractivity contribution >= 4 is 17.6 Å². The van der Waals surface area contributed by atoms with E-state index in [0.29, 0.717) is 43.1 Å². The van der Waals surface area contributed by atoms with Crippen molar-refractivity contribution in [2.24, 2.45) is 0 Å². The van der Waals surface area contributed by atoms with Crippen LogP contribution in [0.3, 0.4) is 0 Å². The minimum Gasteiger partial charge on any atom is -0.443 e. The van der Waals surface area contributed by atoms with Gasteiger partial charge in [-0.15, -0.1) is 0 Å². The van der Waals surface area contributed by atoms with Gasteiger partial charge in [-0.2, -0.15) is 0 Å². The molecule has 34 heavy (non-hydrogen) atoms. The van der Waals surface area contributed by atoms with Crippen molar-refractivity contribution in [1.82, 2.24) is 19.8 Å². The van der Waals surface area contributed by atoms with Gasteiger partial charge in [0, 0.05) is 51.0 Å². The Hall–Kier alpha value is -3.68. The molecule has 3 aromatic rings.